The van der Waals surface area contributed by atoms with Crippen LogP contribution in [0.15, 0.2) is 12.3 Å². The fraction of sp³-hybridized carbons (Fsp3) is 0.643. The van der Waals surface area contributed by atoms with Gasteiger partial charge in [-0.05, 0) is 33.7 Å². The molecule has 0 bridgehead atoms. The van der Waals surface area contributed by atoms with Crippen molar-refractivity contribution in [1.29, 1.82) is 0 Å². The second kappa shape index (κ2) is 7.07. The first-order valence-corrected chi connectivity index (χ1v) is 5.87. The van der Waals surface area contributed by atoms with Crippen LogP contribution in [0.1, 0.15) is 20.8 Å². The summed E-state index contributed by atoms with van der Waals surface area (Å²) in [5, 5.41) is 0. The van der Waals surface area contributed by atoms with Crippen molar-refractivity contribution < 1.29 is 9.53 Å². The van der Waals surface area contributed by atoms with Crippen LogP contribution in [0.3, 0.4) is 0 Å². The quantitative estimate of drug-likeness (QED) is 0.559. The third-order valence-electron chi connectivity index (χ3n) is 1.85. The fourth-order valence-electron chi connectivity index (χ4n) is 1.18. The fourth-order valence-corrected chi connectivity index (χ4v) is 1.18. The Morgan fingerprint density at radius 1 is 1.28 bits per heavy atom. The van der Waals surface area contributed by atoms with Crippen LogP contribution in [0.4, 0.5) is 0 Å². The van der Waals surface area contributed by atoms with Crippen molar-refractivity contribution in [2.24, 2.45) is 0 Å². The first-order valence-electron chi connectivity index (χ1n) is 5.87. The van der Waals surface area contributed by atoms with E-state index in [1.807, 2.05) is 32.7 Å². The van der Waals surface area contributed by atoms with E-state index in [1.54, 1.807) is 14.1 Å². The maximum absolute atomic E-state index is 11.2. The number of carbonyl (C=O) groups is 1. The third-order valence-corrected chi connectivity index (χ3v) is 1.85. The summed E-state index contributed by atoms with van der Waals surface area (Å²) in [5.74, 6) is 5.89. The summed E-state index contributed by atoms with van der Waals surface area (Å²) in [4.78, 5) is 14.6. The lowest BCUT2D eigenvalue weighted by atomic mass is 10.2. The van der Waals surface area contributed by atoms with E-state index in [4.69, 9.17) is 4.74 Å². The zero-order chi connectivity index (χ0) is 14.3. The van der Waals surface area contributed by atoms with Crippen molar-refractivity contribution in [2.45, 2.75) is 26.4 Å². The SMILES string of the molecule is C=C(CN(C)CC#CC(=O)N(C)C)OC(C)(C)C. The summed E-state index contributed by atoms with van der Waals surface area (Å²) in [6.45, 7) is 10.9. The average Bonchev–Trinajstić information content (AvgIpc) is 2.13. The largest absolute Gasteiger partial charge is 0.492 e. The molecule has 0 heterocycles. The van der Waals surface area contributed by atoms with Gasteiger partial charge in [0.2, 0.25) is 0 Å². The van der Waals surface area contributed by atoms with Crippen LogP contribution >= 0.6 is 0 Å². The molecule has 0 aromatic heterocycles. The lowest BCUT2D eigenvalue weighted by molar-refractivity contribution is -0.122. The molecule has 102 valence electrons. The van der Waals surface area contributed by atoms with E-state index < -0.39 is 0 Å². The Balaban J connectivity index is 4.09. The summed E-state index contributed by atoms with van der Waals surface area (Å²) < 4.78 is 5.61. The number of ether oxygens (including phenoxy) is 1. The van der Waals surface area contributed by atoms with Crippen LogP contribution in [0.5, 0.6) is 0 Å². The predicted octanol–water partition coefficient (Wildman–Crippen LogP) is 1.34. The van der Waals surface area contributed by atoms with E-state index in [1.165, 1.54) is 4.90 Å². The van der Waals surface area contributed by atoms with E-state index in [0.717, 1.165) is 0 Å². The standard InChI is InChI=1S/C14H24N2O2/c1-12(18-14(2,3)4)11-16(7)10-8-9-13(17)15(5)6/h1,10-11H2,2-7H3. The second-order valence-electron chi connectivity index (χ2n) is 5.43. The molecule has 0 aliphatic heterocycles. The number of rotatable bonds is 4. The molecule has 18 heavy (non-hydrogen) atoms. The van der Waals surface area contributed by atoms with Crippen LogP contribution in [0.25, 0.3) is 0 Å². The Hall–Kier alpha value is -1.47. The number of nitrogens with zero attached hydrogens (tertiary/aromatic N) is 2. The number of carbonyl (C=O) groups excluding carboxylic acids is 1. The number of hydrogen-bond acceptors (Lipinski definition) is 3. The minimum atomic E-state index is -0.232. The minimum absolute atomic E-state index is 0.187. The molecule has 0 N–H and O–H groups in total. The Labute approximate surface area is 111 Å². The second-order valence-corrected chi connectivity index (χ2v) is 5.43. The van der Waals surface area contributed by atoms with Crippen LogP contribution < -0.4 is 0 Å². The molecule has 0 rings (SSSR count). The zero-order valence-corrected chi connectivity index (χ0v) is 12.3. The summed E-state index contributed by atoms with van der Waals surface area (Å²) in [7, 11) is 5.27. The van der Waals surface area contributed by atoms with Gasteiger partial charge in [-0.3, -0.25) is 9.69 Å². The van der Waals surface area contributed by atoms with E-state index >= 15 is 0 Å². The normalized spacial score (nSPS) is 10.6. The highest BCUT2D eigenvalue weighted by atomic mass is 16.5. The van der Waals surface area contributed by atoms with Crippen molar-refractivity contribution in [1.82, 2.24) is 9.80 Å². The molecule has 0 aliphatic carbocycles. The van der Waals surface area contributed by atoms with E-state index in [9.17, 15) is 4.79 Å². The summed E-state index contributed by atoms with van der Waals surface area (Å²) in [5.41, 5.74) is -0.232. The smallest absolute Gasteiger partial charge is 0.297 e. The molecule has 4 nitrogen and oxygen atoms in total. The maximum atomic E-state index is 11.2. The van der Waals surface area contributed by atoms with Gasteiger partial charge in [-0.2, -0.15) is 0 Å². The number of hydrogen-bond donors (Lipinski definition) is 0. The first-order chi connectivity index (χ1) is 8.11. The van der Waals surface area contributed by atoms with E-state index in [-0.39, 0.29) is 11.5 Å². The van der Waals surface area contributed by atoms with Gasteiger partial charge in [0.15, 0.2) is 0 Å². The minimum Gasteiger partial charge on any atom is -0.492 e. The van der Waals surface area contributed by atoms with Gasteiger partial charge in [-0.1, -0.05) is 12.5 Å². The lowest BCUT2D eigenvalue weighted by Gasteiger charge is -2.25. The molecule has 0 radical (unpaired) electrons. The highest BCUT2D eigenvalue weighted by Crippen LogP contribution is 2.12. The molecular formula is C14H24N2O2. The predicted molar refractivity (Wildman–Crippen MR) is 73.9 cm³/mol. The Kier molecular flexibility index (Phi) is 6.50. The van der Waals surface area contributed by atoms with Gasteiger partial charge < -0.3 is 9.64 Å². The van der Waals surface area contributed by atoms with Crippen molar-refractivity contribution in [3.05, 3.63) is 12.3 Å². The van der Waals surface area contributed by atoms with Gasteiger partial charge in [0.1, 0.15) is 11.4 Å². The topological polar surface area (TPSA) is 32.8 Å². The third kappa shape index (κ3) is 8.66. The van der Waals surface area contributed by atoms with Crippen molar-refractivity contribution in [2.75, 3.05) is 34.2 Å². The highest BCUT2D eigenvalue weighted by Gasteiger charge is 2.13. The van der Waals surface area contributed by atoms with Gasteiger partial charge in [0.25, 0.3) is 5.91 Å². The summed E-state index contributed by atoms with van der Waals surface area (Å²) in [6, 6.07) is 0. The molecule has 0 saturated heterocycles. The number of likely N-dealkylation sites (N-methyl/N-ethyl adjacent to an activating group) is 1. The molecule has 0 fully saturated rings. The molecule has 0 spiro atoms. The molecule has 0 aliphatic rings. The van der Waals surface area contributed by atoms with E-state index in [2.05, 4.69) is 18.4 Å². The van der Waals surface area contributed by atoms with Crippen molar-refractivity contribution >= 4 is 5.91 Å². The van der Waals surface area contributed by atoms with Gasteiger partial charge in [0, 0.05) is 14.1 Å². The van der Waals surface area contributed by atoms with Crippen molar-refractivity contribution in [3.63, 3.8) is 0 Å². The Morgan fingerprint density at radius 2 is 1.83 bits per heavy atom. The molecule has 0 atom stereocenters. The molecule has 0 saturated carbocycles. The summed E-state index contributed by atoms with van der Waals surface area (Å²) in [6.07, 6.45) is 0. The molecule has 1 amide bonds. The molecule has 4 heteroatoms. The summed E-state index contributed by atoms with van der Waals surface area (Å²) >= 11 is 0. The number of amides is 1. The Morgan fingerprint density at radius 3 is 2.28 bits per heavy atom. The molecule has 0 aromatic carbocycles. The Bertz CT molecular complexity index is 356. The average molecular weight is 252 g/mol. The molecular weight excluding hydrogens is 228 g/mol. The van der Waals surface area contributed by atoms with Gasteiger partial charge in [-0.25, -0.2) is 0 Å². The van der Waals surface area contributed by atoms with Crippen molar-refractivity contribution in [3.8, 4) is 11.8 Å². The van der Waals surface area contributed by atoms with Crippen LogP contribution in [-0.4, -0.2) is 55.5 Å². The van der Waals surface area contributed by atoms with Crippen LogP contribution in [0.2, 0.25) is 0 Å². The lowest BCUT2D eigenvalue weighted by Crippen LogP contribution is -2.27. The molecule has 0 unspecified atom stereocenters. The zero-order valence-electron chi connectivity index (χ0n) is 12.3. The highest BCUT2D eigenvalue weighted by molar-refractivity contribution is 5.93. The van der Waals surface area contributed by atoms with Crippen LogP contribution in [0, 0.1) is 11.8 Å². The monoisotopic (exact) mass is 252 g/mol. The molecule has 0 aromatic rings. The van der Waals surface area contributed by atoms with Gasteiger partial charge in [-0.15, -0.1) is 0 Å². The first kappa shape index (κ1) is 16.5. The maximum Gasteiger partial charge on any atom is 0.297 e. The van der Waals surface area contributed by atoms with Crippen LogP contribution in [-0.2, 0) is 9.53 Å². The van der Waals surface area contributed by atoms with Gasteiger partial charge >= 0.3 is 0 Å². The van der Waals surface area contributed by atoms with Gasteiger partial charge in [0.05, 0.1) is 13.1 Å². The van der Waals surface area contributed by atoms with E-state index in [0.29, 0.717) is 18.8 Å².